The van der Waals surface area contributed by atoms with Gasteiger partial charge in [0.25, 0.3) is 0 Å². The topological polar surface area (TPSA) is 156 Å². The summed E-state index contributed by atoms with van der Waals surface area (Å²) in [4.78, 5) is 11.2. The highest BCUT2D eigenvalue weighted by molar-refractivity contribution is 5.66. The number of esters is 1. The molecule has 4 N–H and O–H groups in total. The van der Waals surface area contributed by atoms with Gasteiger partial charge in [0.1, 0.15) is 49.1 Å². The zero-order valence-electron chi connectivity index (χ0n) is 17.3. The fourth-order valence-electron chi connectivity index (χ4n) is 3.35. The van der Waals surface area contributed by atoms with Crippen molar-refractivity contribution in [2.24, 2.45) is 7.05 Å². The Labute approximate surface area is 178 Å². The smallest absolute Gasteiger partial charge is 0.302 e. The van der Waals surface area contributed by atoms with Crippen LogP contribution in [0.15, 0.2) is 24.4 Å². The van der Waals surface area contributed by atoms with Crippen molar-refractivity contribution in [3.05, 3.63) is 41.2 Å². The second kappa shape index (κ2) is 10.2. The predicted octanol–water partition coefficient (Wildman–Crippen LogP) is -1.16. The summed E-state index contributed by atoms with van der Waals surface area (Å²) in [5, 5.41) is 47.4. The lowest BCUT2D eigenvalue weighted by Crippen LogP contribution is -2.59. The average molecular weight is 437 g/mol. The van der Waals surface area contributed by atoms with Crippen LogP contribution < -0.4 is 4.74 Å². The van der Waals surface area contributed by atoms with Gasteiger partial charge in [-0.1, -0.05) is 17.3 Å². The van der Waals surface area contributed by atoms with Crippen LogP contribution in [0.1, 0.15) is 23.7 Å². The Morgan fingerprint density at radius 2 is 1.90 bits per heavy atom. The molecule has 0 unspecified atom stereocenters. The van der Waals surface area contributed by atoms with Crippen molar-refractivity contribution in [2.45, 2.75) is 57.1 Å². The second-order valence-electron chi connectivity index (χ2n) is 7.47. The van der Waals surface area contributed by atoms with E-state index in [1.165, 1.54) is 6.92 Å². The first kappa shape index (κ1) is 23.1. The number of rotatable bonds is 8. The average Bonchev–Trinajstić information content (AvgIpc) is 3.16. The number of aliphatic hydroxyl groups is 4. The molecule has 3 rings (SSSR count). The van der Waals surface area contributed by atoms with Gasteiger partial charge in [-0.05, 0) is 11.6 Å². The van der Waals surface area contributed by atoms with E-state index in [2.05, 4.69) is 10.3 Å². The molecule has 0 amide bonds. The molecule has 1 fully saturated rings. The lowest BCUT2D eigenvalue weighted by Gasteiger charge is -2.40. The summed E-state index contributed by atoms with van der Waals surface area (Å²) in [5.74, 6) is 0.0271. The molecule has 11 heteroatoms. The maximum atomic E-state index is 11.2. The first-order valence-electron chi connectivity index (χ1n) is 9.82. The molecule has 170 valence electrons. The van der Waals surface area contributed by atoms with Crippen molar-refractivity contribution >= 4 is 5.97 Å². The van der Waals surface area contributed by atoms with Crippen LogP contribution in [-0.4, -0.2) is 78.5 Å². The number of hydrogen-bond donors (Lipinski definition) is 4. The SMILES string of the molecule is CC(=O)OCc1ccc(C[C@@H]2O[C@H](CO)[C@@H](O)[C@H](O)[C@H]2O)cc1OCc1cn(C)nn1. The number of carbonyl (C=O) groups is 1. The quantitative estimate of drug-likeness (QED) is 0.372. The fraction of sp³-hybridized carbons (Fsp3) is 0.550. The zero-order chi connectivity index (χ0) is 22.5. The van der Waals surface area contributed by atoms with Crippen molar-refractivity contribution in [1.82, 2.24) is 15.0 Å². The summed E-state index contributed by atoms with van der Waals surface area (Å²) in [5.41, 5.74) is 1.96. The molecule has 1 aromatic heterocycles. The Balaban J connectivity index is 1.77. The summed E-state index contributed by atoms with van der Waals surface area (Å²) < 4.78 is 18.1. The van der Waals surface area contributed by atoms with E-state index >= 15 is 0 Å². The molecule has 0 spiro atoms. The minimum Gasteiger partial charge on any atom is -0.487 e. The van der Waals surface area contributed by atoms with E-state index in [-0.39, 0.29) is 19.6 Å². The van der Waals surface area contributed by atoms with Gasteiger partial charge < -0.3 is 34.6 Å². The van der Waals surface area contributed by atoms with Crippen molar-refractivity contribution in [2.75, 3.05) is 6.61 Å². The lowest BCUT2D eigenvalue weighted by molar-refractivity contribution is -0.228. The number of hydrogen-bond acceptors (Lipinski definition) is 10. The standard InChI is InChI=1S/C20H27N3O8/c1-11(25)29-9-13-4-3-12(5-15(13)30-10-14-7-23(2)22-21-14)6-16-18(26)20(28)19(27)17(8-24)31-16/h3-5,7,16-20,24,26-28H,6,8-10H2,1-2H3/t16-,17+,18-,19+,20+/m0/s1. The number of nitrogens with zero attached hydrogens (tertiary/aromatic N) is 3. The van der Waals surface area contributed by atoms with E-state index in [4.69, 9.17) is 14.2 Å². The van der Waals surface area contributed by atoms with Crippen LogP contribution in [-0.2, 0) is 41.0 Å². The molecular weight excluding hydrogens is 410 g/mol. The van der Waals surface area contributed by atoms with Crippen LogP contribution in [0.25, 0.3) is 0 Å². The van der Waals surface area contributed by atoms with E-state index < -0.39 is 43.1 Å². The molecule has 11 nitrogen and oxygen atoms in total. The first-order valence-corrected chi connectivity index (χ1v) is 9.82. The molecule has 0 saturated carbocycles. The Morgan fingerprint density at radius 3 is 2.55 bits per heavy atom. The van der Waals surface area contributed by atoms with Crippen LogP contribution in [0.5, 0.6) is 5.75 Å². The summed E-state index contributed by atoms with van der Waals surface area (Å²) >= 11 is 0. The van der Waals surface area contributed by atoms with Gasteiger partial charge in [0.05, 0.1) is 18.9 Å². The van der Waals surface area contributed by atoms with Gasteiger partial charge in [0, 0.05) is 26.0 Å². The molecule has 1 saturated heterocycles. The number of carbonyl (C=O) groups excluding carboxylic acids is 1. The molecule has 0 aliphatic carbocycles. The summed E-state index contributed by atoms with van der Waals surface area (Å²) in [6.45, 7) is 0.985. The summed E-state index contributed by atoms with van der Waals surface area (Å²) in [7, 11) is 1.74. The minimum atomic E-state index is -1.44. The Kier molecular flexibility index (Phi) is 7.57. The summed E-state index contributed by atoms with van der Waals surface area (Å²) in [6, 6.07) is 5.21. The van der Waals surface area contributed by atoms with Crippen LogP contribution in [0.3, 0.4) is 0 Å². The number of aliphatic hydroxyl groups excluding tert-OH is 4. The maximum absolute atomic E-state index is 11.2. The number of benzene rings is 1. The zero-order valence-corrected chi connectivity index (χ0v) is 17.3. The molecule has 0 radical (unpaired) electrons. The van der Waals surface area contributed by atoms with Gasteiger partial charge >= 0.3 is 5.97 Å². The van der Waals surface area contributed by atoms with Crippen molar-refractivity contribution in [3.63, 3.8) is 0 Å². The molecular formula is C20H27N3O8. The molecule has 2 aromatic rings. The number of ether oxygens (including phenoxy) is 3. The fourth-order valence-corrected chi connectivity index (χ4v) is 3.35. The van der Waals surface area contributed by atoms with Crippen molar-refractivity contribution in [3.8, 4) is 5.75 Å². The van der Waals surface area contributed by atoms with Gasteiger partial charge in [0.2, 0.25) is 0 Å². The van der Waals surface area contributed by atoms with E-state index in [1.807, 2.05) is 0 Å². The third-order valence-corrected chi connectivity index (χ3v) is 5.02. The van der Waals surface area contributed by atoms with E-state index in [0.29, 0.717) is 22.6 Å². The normalized spacial score (nSPS) is 25.9. The molecule has 1 aliphatic rings. The number of aryl methyl sites for hydroxylation is 1. The van der Waals surface area contributed by atoms with Gasteiger partial charge in [-0.15, -0.1) is 5.10 Å². The molecule has 31 heavy (non-hydrogen) atoms. The molecule has 5 atom stereocenters. The van der Waals surface area contributed by atoms with Crippen molar-refractivity contribution in [1.29, 1.82) is 0 Å². The van der Waals surface area contributed by atoms with E-state index in [1.54, 1.807) is 36.1 Å². The van der Waals surface area contributed by atoms with Crippen LogP contribution >= 0.6 is 0 Å². The second-order valence-corrected chi connectivity index (χ2v) is 7.47. The highest BCUT2D eigenvalue weighted by Crippen LogP contribution is 2.27. The third-order valence-electron chi connectivity index (χ3n) is 5.02. The first-order chi connectivity index (χ1) is 14.8. The van der Waals surface area contributed by atoms with Gasteiger partial charge in [-0.25, -0.2) is 0 Å². The molecule has 2 heterocycles. The van der Waals surface area contributed by atoms with Crippen LogP contribution in [0.4, 0.5) is 0 Å². The van der Waals surface area contributed by atoms with E-state index in [0.717, 1.165) is 0 Å². The highest BCUT2D eigenvalue weighted by atomic mass is 16.5. The minimum absolute atomic E-state index is 0.0193. The monoisotopic (exact) mass is 437 g/mol. The molecule has 1 aromatic carbocycles. The largest absolute Gasteiger partial charge is 0.487 e. The lowest BCUT2D eigenvalue weighted by atomic mass is 9.91. The maximum Gasteiger partial charge on any atom is 0.302 e. The highest BCUT2D eigenvalue weighted by Gasteiger charge is 2.43. The van der Waals surface area contributed by atoms with Gasteiger partial charge in [-0.3, -0.25) is 9.48 Å². The molecule has 0 bridgehead atoms. The molecule has 1 aliphatic heterocycles. The Hall–Kier alpha value is -2.57. The summed E-state index contributed by atoms with van der Waals surface area (Å²) in [6.07, 6.45) is -4.09. The van der Waals surface area contributed by atoms with Crippen LogP contribution in [0.2, 0.25) is 0 Å². The van der Waals surface area contributed by atoms with Gasteiger partial charge in [0.15, 0.2) is 0 Å². The predicted molar refractivity (Wildman–Crippen MR) is 105 cm³/mol. The van der Waals surface area contributed by atoms with Crippen LogP contribution in [0, 0.1) is 0 Å². The third kappa shape index (κ3) is 5.77. The van der Waals surface area contributed by atoms with Crippen molar-refractivity contribution < 1.29 is 39.4 Å². The van der Waals surface area contributed by atoms with E-state index in [9.17, 15) is 25.2 Å². The van der Waals surface area contributed by atoms with Gasteiger partial charge in [-0.2, -0.15) is 0 Å². The Morgan fingerprint density at radius 1 is 1.16 bits per heavy atom. The Bertz CT molecular complexity index is 887. The number of aromatic nitrogens is 3.